The van der Waals surface area contributed by atoms with Crippen molar-refractivity contribution in [3.63, 3.8) is 0 Å². The lowest BCUT2D eigenvalue weighted by molar-refractivity contribution is -0.152. The number of carboxylic acids is 1. The van der Waals surface area contributed by atoms with Gasteiger partial charge in [-0.05, 0) is 34.6 Å². The van der Waals surface area contributed by atoms with Crippen molar-refractivity contribution in [3.8, 4) is 11.1 Å². The van der Waals surface area contributed by atoms with Gasteiger partial charge in [0.05, 0.1) is 12.0 Å². The number of hydrogen-bond acceptors (Lipinski definition) is 5. The molecule has 4 rings (SSSR count). The molecule has 0 saturated carbocycles. The van der Waals surface area contributed by atoms with Crippen LogP contribution in [0.3, 0.4) is 0 Å². The van der Waals surface area contributed by atoms with Gasteiger partial charge in [0, 0.05) is 26.1 Å². The summed E-state index contributed by atoms with van der Waals surface area (Å²) in [5, 5.41) is 12.4. The number of likely N-dealkylation sites (tertiary alicyclic amines) is 1. The number of ether oxygens (including phenoxy) is 2. The summed E-state index contributed by atoms with van der Waals surface area (Å²) in [7, 11) is 1.39. The van der Waals surface area contributed by atoms with Crippen LogP contribution in [0.4, 0.5) is 4.79 Å². The Morgan fingerprint density at radius 2 is 1.69 bits per heavy atom. The van der Waals surface area contributed by atoms with Crippen molar-refractivity contribution in [1.82, 2.24) is 10.2 Å². The van der Waals surface area contributed by atoms with Crippen LogP contribution in [0.1, 0.15) is 37.3 Å². The molecule has 1 fully saturated rings. The summed E-state index contributed by atoms with van der Waals surface area (Å²) in [5.74, 6) is -1.40. The average Bonchev–Trinajstić information content (AvgIpc) is 3.44. The molecule has 2 aliphatic rings. The Bertz CT molecular complexity index is 1070. The fraction of sp³-hybridized carbons (Fsp3) is 0.444. The van der Waals surface area contributed by atoms with E-state index in [0.717, 1.165) is 22.3 Å². The number of alkyl carbamates (subject to hydrolysis) is 1. The minimum Gasteiger partial charge on any atom is -0.481 e. The van der Waals surface area contributed by atoms with E-state index < -0.39 is 23.6 Å². The smallest absolute Gasteiger partial charge is 0.407 e. The van der Waals surface area contributed by atoms with E-state index in [9.17, 15) is 19.5 Å². The second kappa shape index (κ2) is 10.1. The lowest BCUT2D eigenvalue weighted by atomic mass is 9.76. The molecule has 2 aromatic rings. The van der Waals surface area contributed by atoms with Crippen LogP contribution in [0.25, 0.3) is 11.1 Å². The van der Waals surface area contributed by atoms with Crippen molar-refractivity contribution >= 4 is 18.0 Å². The van der Waals surface area contributed by atoms with Crippen molar-refractivity contribution in [2.45, 2.75) is 32.3 Å². The summed E-state index contributed by atoms with van der Waals surface area (Å²) in [4.78, 5) is 38.9. The van der Waals surface area contributed by atoms with E-state index in [1.54, 1.807) is 0 Å². The second-order valence-electron chi connectivity index (χ2n) is 9.56. The predicted molar refractivity (Wildman–Crippen MR) is 130 cm³/mol. The van der Waals surface area contributed by atoms with E-state index >= 15 is 0 Å². The molecule has 1 aliphatic heterocycles. The van der Waals surface area contributed by atoms with Gasteiger partial charge in [-0.15, -0.1) is 0 Å². The van der Waals surface area contributed by atoms with Crippen molar-refractivity contribution in [2.24, 2.45) is 11.3 Å². The van der Waals surface area contributed by atoms with E-state index in [1.807, 2.05) is 50.2 Å². The van der Waals surface area contributed by atoms with Gasteiger partial charge in [-0.1, -0.05) is 62.4 Å². The molecule has 8 heteroatoms. The predicted octanol–water partition coefficient (Wildman–Crippen LogP) is 3.50. The Hall–Kier alpha value is -3.39. The first-order chi connectivity index (χ1) is 16.8. The Morgan fingerprint density at radius 3 is 2.20 bits per heavy atom. The Labute approximate surface area is 205 Å². The first-order valence-electron chi connectivity index (χ1n) is 11.9. The number of nitrogens with zero attached hydrogens (tertiary/aromatic N) is 1. The number of carbonyl (C=O) groups is 3. The van der Waals surface area contributed by atoms with Gasteiger partial charge < -0.3 is 24.8 Å². The van der Waals surface area contributed by atoms with Gasteiger partial charge >= 0.3 is 12.1 Å². The highest BCUT2D eigenvalue weighted by atomic mass is 16.5. The Kier molecular flexibility index (Phi) is 7.12. The molecular formula is C27H32N2O6. The maximum Gasteiger partial charge on any atom is 0.407 e. The van der Waals surface area contributed by atoms with Crippen molar-refractivity contribution in [2.75, 3.05) is 33.4 Å². The molecule has 0 spiro atoms. The molecule has 1 aliphatic carbocycles. The van der Waals surface area contributed by atoms with Gasteiger partial charge in [0.15, 0.2) is 6.10 Å². The summed E-state index contributed by atoms with van der Waals surface area (Å²) >= 11 is 0. The van der Waals surface area contributed by atoms with Crippen molar-refractivity contribution in [3.05, 3.63) is 59.7 Å². The van der Waals surface area contributed by atoms with Crippen LogP contribution in [-0.2, 0) is 19.1 Å². The number of carboxylic acid groups (broad SMARTS) is 1. The number of carbonyl (C=O) groups excluding carboxylic acids is 2. The third-order valence-corrected chi connectivity index (χ3v) is 7.48. The first-order valence-corrected chi connectivity index (χ1v) is 11.9. The highest BCUT2D eigenvalue weighted by molar-refractivity contribution is 5.84. The van der Waals surface area contributed by atoms with Crippen LogP contribution < -0.4 is 5.32 Å². The maximum atomic E-state index is 13.0. The summed E-state index contributed by atoms with van der Waals surface area (Å²) in [6.07, 6.45) is -1.17. The highest BCUT2D eigenvalue weighted by Gasteiger charge is 2.49. The van der Waals surface area contributed by atoms with Gasteiger partial charge in [0.2, 0.25) is 0 Å². The molecule has 0 aromatic heterocycles. The van der Waals surface area contributed by atoms with Crippen LogP contribution in [0.15, 0.2) is 48.5 Å². The van der Waals surface area contributed by atoms with Crippen LogP contribution in [0, 0.1) is 11.3 Å². The number of aliphatic carboxylic acids is 1. The van der Waals surface area contributed by atoms with Gasteiger partial charge in [-0.3, -0.25) is 9.59 Å². The van der Waals surface area contributed by atoms with Crippen LogP contribution >= 0.6 is 0 Å². The zero-order valence-corrected chi connectivity index (χ0v) is 20.3. The van der Waals surface area contributed by atoms with Crippen LogP contribution in [0.5, 0.6) is 0 Å². The lowest BCUT2D eigenvalue weighted by Gasteiger charge is -2.29. The largest absolute Gasteiger partial charge is 0.481 e. The third kappa shape index (κ3) is 4.62. The number of amides is 2. The molecule has 2 aromatic carbocycles. The SMILES string of the molecule is COC(CNC(=O)OCC1c2ccccc2-c2ccccc21)C(=O)N1CCC(C(=O)O)(C(C)C)C1. The van der Waals surface area contributed by atoms with E-state index in [4.69, 9.17) is 9.47 Å². The second-order valence-corrected chi connectivity index (χ2v) is 9.56. The molecular weight excluding hydrogens is 448 g/mol. The fourth-order valence-electron chi connectivity index (χ4n) is 5.21. The molecule has 0 radical (unpaired) electrons. The Morgan fingerprint density at radius 1 is 1.09 bits per heavy atom. The zero-order chi connectivity index (χ0) is 25.2. The minimum absolute atomic E-state index is 0.0576. The summed E-state index contributed by atoms with van der Waals surface area (Å²) < 4.78 is 10.9. The first kappa shape index (κ1) is 24.7. The monoisotopic (exact) mass is 480 g/mol. The molecule has 2 N–H and O–H groups in total. The third-order valence-electron chi connectivity index (χ3n) is 7.48. The molecule has 2 amide bonds. The number of hydrogen-bond donors (Lipinski definition) is 2. The van der Waals surface area contributed by atoms with Gasteiger partial charge in [0.1, 0.15) is 6.61 Å². The van der Waals surface area contributed by atoms with Crippen LogP contribution in [-0.4, -0.2) is 67.4 Å². The van der Waals surface area contributed by atoms with E-state index in [2.05, 4.69) is 17.4 Å². The molecule has 2 atom stereocenters. The standard InChI is InChI=1S/C27H32N2O6/c1-17(2)27(25(31)32)12-13-29(16-27)24(30)23(34-3)14-28-26(33)35-15-22-20-10-6-4-8-18(20)19-9-5-7-11-21(19)22/h4-11,17,22-23H,12-16H2,1-3H3,(H,28,33)(H,31,32). The number of rotatable bonds is 8. The molecule has 8 nitrogen and oxygen atoms in total. The number of nitrogens with one attached hydrogen (secondary N) is 1. The quantitative estimate of drug-likeness (QED) is 0.599. The topological polar surface area (TPSA) is 105 Å². The molecule has 0 bridgehead atoms. The average molecular weight is 481 g/mol. The minimum atomic E-state index is -0.964. The van der Waals surface area contributed by atoms with E-state index in [0.29, 0.717) is 13.0 Å². The highest BCUT2D eigenvalue weighted by Crippen LogP contribution is 2.44. The normalized spacial score (nSPS) is 19.8. The number of methoxy groups -OCH3 is 1. The zero-order valence-electron chi connectivity index (χ0n) is 20.3. The molecule has 2 unspecified atom stereocenters. The lowest BCUT2D eigenvalue weighted by Crippen LogP contribution is -2.47. The molecule has 1 heterocycles. The molecule has 35 heavy (non-hydrogen) atoms. The Balaban J connectivity index is 1.33. The van der Waals surface area contributed by atoms with Gasteiger partial charge in [-0.2, -0.15) is 0 Å². The van der Waals surface area contributed by atoms with Gasteiger partial charge in [0.25, 0.3) is 5.91 Å². The number of benzene rings is 2. The summed E-state index contributed by atoms with van der Waals surface area (Å²) in [5.41, 5.74) is 3.56. The maximum absolute atomic E-state index is 13.0. The summed E-state index contributed by atoms with van der Waals surface area (Å²) in [6.45, 7) is 4.29. The summed E-state index contributed by atoms with van der Waals surface area (Å²) in [6, 6.07) is 16.2. The van der Waals surface area contributed by atoms with Crippen molar-refractivity contribution in [1.29, 1.82) is 0 Å². The fourth-order valence-corrected chi connectivity index (χ4v) is 5.21. The molecule has 186 valence electrons. The molecule has 1 saturated heterocycles. The van der Waals surface area contributed by atoms with Gasteiger partial charge in [-0.25, -0.2) is 4.79 Å². The van der Waals surface area contributed by atoms with Crippen LogP contribution in [0.2, 0.25) is 0 Å². The van der Waals surface area contributed by atoms with Crippen molar-refractivity contribution < 1.29 is 29.0 Å². The van der Waals surface area contributed by atoms with E-state index in [-0.39, 0.29) is 37.4 Å². The van der Waals surface area contributed by atoms with E-state index in [1.165, 1.54) is 12.0 Å². The number of fused-ring (bicyclic) bond motifs is 3.